The minimum absolute atomic E-state index is 0.0486. The highest BCUT2D eigenvalue weighted by Gasteiger charge is 2.41. The molecular weight excluding hydrogens is 214 g/mol. The molecule has 3 heteroatoms. The fourth-order valence-electron chi connectivity index (χ4n) is 3.34. The predicted molar refractivity (Wildman–Crippen MR) is 65.3 cm³/mol. The highest BCUT2D eigenvalue weighted by Crippen LogP contribution is 2.38. The summed E-state index contributed by atoms with van der Waals surface area (Å²) in [5.41, 5.74) is 0.955. The summed E-state index contributed by atoms with van der Waals surface area (Å²) >= 11 is 0. The lowest BCUT2D eigenvalue weighted by Gasteiger charge is -2.27. The van der Waals surface area contributed by atoms with Crippen LogP contribution in [0.25, 0.3) is 0 Å². The second-order valence-electron chi connectivity index (χ2n) is 5.52. The van der Waals surface area contributed by atoms with Crippen molar-refractivity contribution in [3.05, 3.63) is 11.8 Å². The van der Waals surface area contributed by atoms with E-state index in [9.17, 15) is 4.79 Å². The van der Waals surface area contributed by atoms with Gasteiger partial charge in [0.2, 0.25) is 0 Å². The molecule has 0 aromatic heterocycles. The highest BCUT2D eigenvalue weighted by molar-refractivity contribution is 5.91. The predicted octanol–water partition coefficient (Wildman–Crippen LogP) is 2.47. The molecule has 3 aliphatic rings. The van der Waals surface area contributed by atoms with E-state index in [4.69, 9.17) is 4.74 Å². The Morgan fingerprint density at radius 2 is 1.82 bits per heavy atom. The van der Waals surface area contributed by atoms with Gasteiger partial charge in [0.1, 0.15) is 6.10 Å². The number of ether oxygens (including phenoxy) is 1. The molecule has 2 heterocycles. The number of hydrogen-bond donors (Lipinski definition) is 0. The van der Waals surface area contributed by atoms with Crippen molar-refractivity contribution in [1.29, 1.82) is 0 Å². The first-order valence-corrected chi connectivity index (χ1v) is 7.01. The van der Waals surface area contributed by atoms with E-state index >= 15 is 0 Å². The van der Waals surface area contributed by atoms with Crippen molar-refractivity contribution in [2.24, 2.45) is 5.92 Å². The molecule has 0 amide bonds. The fourth-order valence-corrected chi connectivity index (χ4v) is 3.34. The van der Waals surface area contributed by atoms with Gasteiger partial charge in [-0.1, -0.05) is 6.42 Å². The molecule has 0 aromatic carbocycles. The molecule has 0 bridgehead atoms. The number of fused-ring (bicyclic) bond motifs is 1. The SMILES string of the molecule is O=C1OC2CCCCC2/C1=C/N1CCCCC1. The molecule has 94 valence electrons. The molecule has 3 nitrogen and oxygen atoms in total. The molecule has 0 spiro atoms. The van der Waals surface area contributed by atoms with Gasteiger partial charge in [0, 0.05) is 25.2 Å². The summed E-state index contributed by atoms with van der Waals surface area (Å²) < 4.78 is 5.49. The van der Waals surface area contributed by atoms with Gasteiger partial charge in [-0.25, -0.2) is 4.79 Å². The Balaban J connectivity index is 1.75. The van der Waals surface area contributed by atoms with Gasteiger partial charge in [-0.3, -0.25) is 0 Å². The summed E-state index contributed by atoms with van der Waals surface area (Å²) in [4.78, 5) is 14.2. The number of esters is 1. The van der Waals surface area contributed by atoms with Crippen LogP contribution >= 0.6 is 0 Å². The smallest absolute Gasteiger partial charge is 0.336 e. The monoisotopic (exact) mass is 235 g/mol. The summed E-state index contributed by atoms with van der Waals surface area (Å²) in [5, 5.41) is 0. The number of carbonyl (C=O) groups excluding carboxylic acids is 1. The van der Waals surface area contributed by atoms with Crippen molar-refractivity contribution in [3.63, 3.8) is 0 Å². The summed E-state index contributed by atoms with van der Waals surface area (Å²) in [5.74, 6) is 0.339. The quantitative estimate of drug-likeness (QED) is 0.516. The van der Waals surface area contributed by atoms with Gasteiger partial charge >= 0.3 is 5.97 Å². The first kappa shape index (κ1) is 11.1. The minimum Gasteiger partial charge on any atom is -0.458 e. The molecule has 2 atom stereocenters. The van der Waals surface area contributed by atoms with Crippen LogP contribution in [0.4, 0.5) is 0 Å². The molecule has 0 radical (unpaired) electrons. The van der Waals surface area contributed by atoms with Gasteiger partial charge in [-0.05, 0) is 38.5 Å². The molecule has 0 N–H and O–H groups in total. The van der Waals surface area contributed by atoms with E-state index in [1.807, 2.05) is 0 Å². The van der Waals surface area contributed by atoms with Gasteiger partial charge in [0.05, 0.1) is 5.57 Å². The number of nitrogens with zero attached hydrogens (tertiary/aromatic N) is 1. The summed E-state index contributed by atoms with van der Waals surface area (Å²) in [6.45, 7) is 2.21. The van der Waals surface area contributed by atoms with Crippen LogP contribution in [-0.2, 0) is 9.53 Å². The Morgan fingerprint density at radius 1 is 1.06 bits per heavy atom. The maximum Gasteiger partial charge on any atom is 0.336 e. The van der Waals surface area contributed by atoms with E-state index < -0.39 is 0 Å². The Labute approximate surface area is 103 Å². The molecule has 2 unspecified atom stereocenters. The zero-order valence-electron chi connectivity index (χ0n) is 10.4. The minimum atomic E-state index is -0.0486. The third-order valence-electron chi connectivity index (χ3n) is 4.31. The van der Waals surface area contributed by atoms with Crippen LogP contribution in [0.3, 0.4) is 0 Å². The summed E-state index contributed by atoms with van der Waals surface area (Å²) in [6.07, 6.45) is 10.8. The van der Waals surface area contributed by atoms with Gasteiger partial charge < -0.3 is 9.64 Å². The summed E-state index contributed by atoms with van der Waals surface area (Å²) in [7, 11) is 0. The lowest BCUT2D eigenvalue weighted by atomic mass is 9.83. The fraction of sp³-hybridized carbons (Fsp3) is 0.786. The Hall–Kier alpha value is -0.990. The van der Waals surface area contributed by atoms with Gasteiger partial charge in [-0.2, -0.15) is 0 Å². The van der Waals surface area contributed by atoms with E-state index in [1.54, 1.807) is 0 Å². The van der Waals surface area contributed by atoms with Gasteiger partial charge in [0.25, 0.3) is 0 Å². The van der Waals surface area contributed by atoms with E-state index in [0.717, 1.165) is 31.5 Å². The van der Waals surface area contributed by atoms with E-state index in [2.05, 4.69) is 11.1 Å². The zero-order valence-corrected chi connectivity index (χ0v) is 10.4. The first-order valence-electron chi connectivity index (χ1n) is 7.01. The first-order chi connectivity index (χ1) is 8.34. The standard InChI is InChI=1S/C14H21NO2/c16-14-12(10-15-8-4-1-5-9-15)11-6-2-3-7-13(11)17-14/h10-11,13H,1-9H2/b12-10-. The highest BCUT2D eigenvalue weighted by atomic mass is 16.6. The van der Waals surface area contributed by atoms with Crippen LogP contribution in [0.5, 0.6) is 0 Å². The molecule has 3 fully saturated rings. The van der Waals surface area contributed by atoms with Crippen molar-refractivity contribution in [2.75, 3.05) is 13.1 Å². The largest absolute Gasteiger partial charge is 0.458 e. The molecule has 17 heavy (non-hydrogen) atoms. The number of hydrogen-bond acceptors (Lipinski definition) is 3. The van der Waals surface area contributed by atoms with Crippen molar-refractivity contribution in [3.8, 4) is 0 Å². The second-order valence-corrected chi connectivity index (χ2v) is 5.52. The molecule has 1 aliphatic carbocycles. The molecule has 2 saturated heterocycles. The molecule has 0 aromatic rings. The maximum absolute atomic E-state index is 11.9. The average molecular weight is 235 g/mol. The Kier molecular flexibility index (Phi) is 3.08. The maximum atomic E-state index is 11.9. The second kappa shape index (κ2) is 4.71. The van der Waals surface area contributed by atoms with Crippen molar-refractivity contribution < 1.29 is 9.53 Å². The van der Waals surface area contributed by atoms with Crippen LogP contribution in [0.1, 0.15) is 44.9 Å². The molecule has 3 rings (SSSR count). The normalized spacial score (nSPS) is 35.9. The van der Waals surface area contributed by atoms with Crippen LogP contribution in [-0.4, -0.2) is 30.1 Å². The third-order valence-corrected chi connectivity index (χ3v) is 4.31. The average Bonchev–Trinajstić information content (AvgIpc) is 2.68. The van der Waals surface area contributed by atoms with Crippen LogP contribution in [0.15, 0.2) is 11.8 Å². The molecule has 1 saturated carbocycles. The summed E-state index contributed by atoms with van der Waals surface area (Å²) in [6, 6.07) is 0. The van der Waals surface area contributed by atoms with Gasteiger partial charge in [0.15, 0.2) is 0 Å². The lowest BCUT2D eigenvalue weighted by Crippen LogP contribution is -2.27. The zero-order chi connectivity index (χ0) is 11.7. The third kappa shape index (κ3) is 2.20. The lowest BCUT2D eigenvalue weighted by molar-refractivity contribution is -0.139. The van der Waals surface area contributed by atoms with Crippen LogP contribution in [0, 0.1) is 5.92 Å². The number of likely N-dealkylation sites (tertiary alicyclic amines) is 1. The van der Waals surface area contributed by atoms with Crippen molar-refractivity contribution >= 4 is 5.97 Å². The van der Waals surface area contributed by atoms with E-state index in [-0.39, 0.29) is 12.1 Å². The Morgan fingerprint density at radius 3 is 2.65 bits per heavy atom. The van der Waals surface area contributed by atoms with E-state index in [1.165, 1.54) is 32.1 Å². The number of piperidine rings is 1. The van der Waals surface area contributed by atoms with Crippen LogP contribution in [0.2, 0.25) is 0 Å². The van der Waals surface area contributed by atoms with Crippen molar-refractivity contribution in [1.82, 2.24) is 4.90 Å². The van der Waals surface area contributed by atoms with Gasteiger partial charge in [-0.15, -0.1) is 0 Å². The molecular formula is C14H21NO2. The number of carbonyl (C=O) groups is 1. The van der Waals surface area contributed by atoms with E-state index in [0.29, 0.717) is 5.92 Å². The topological polar surface area (TPSA) is 29.5 Å². The Bertz CT molecular complexity index is 331. The van der Waals surface area contributed by atoms with Crippen molar-refractivity contribution in [2.45, 2.75) is 51.0 Å². The molecule has 2 aliphatic heterocycles. The van der Waals surface area contributed by atoms with Crippen LogP contribution < -0.4 is 0 Å². The number of rotatable bonds is 1.